The van der Waals surface area contributed by atoms with Gasteiger partial charge in [-0.2, -0.15) is 0 Å². The summed E-state index contributed by atoms with van der Waals surface area (Å²) in [7, 11) is 0. The normalized spacial score (nSPS) is 14.0. The molecule has 0 saturated carbocycles. The number of fused-ring (bicyclic) bond motifs is 1. The molecule has 0 bridgehead atoms. The Hall–Kier alpha value is -2.16. The largest absolute Gasteiger partial charge is 0.308 e. The van der Waals surface area contributed by atoms with Gasteiger partial charge in [0.05, 0.1) is 5.69 Å². The fraction of sp³-hybridized carbons (Fsp3) is 0.278. The Balaban J connectivity index is 2.02. The third kappa shape index (κ3) is 2.44. The van der Waals surface area contributed by atoms with Crippen molar-refractivity contribution < 1.29 is 9.18 Å². The molecule has 0 unspecified atom stereocenters. The molecule has 1 aliphatic rings. The summed E-state index contributed by atoms with van der Waals surface area (Å²) in [6.45, 7) is 4.43. The standard InChI is InChI=1S/C18H18FNO/c1-12-5-3-6-14-7-4-10-20(17(12)14)18(21)15-8-9-16(19)13(2)11-15/h3,5-6,8-9,11H,4,7,10H2,1-2H3. The van der Waals surface area contributed by atoms with Crippen LogP contribution in [0.5, 0.6) is 0 Å². The van der Waals surface area contributed by atoms with Crippen molar-refractivity contribution in [3.05, 3.63) is 64.5 Å². The van der Waals surface area contributed by atoms with Crippen molar-refractivity contribution in [3.63, 3.8) is 0 Å². The minimum Gasteiger partial charge on any atom is -0.308 e. The SMILES string of the molecule is Cc1cc(C(=O)N2CCCc3cccc(C)c32)ccc1F. The molecule has 3 rings (SSSR count). The number of amides is 1. The van der Waals surface area contributed by atoms with Crippen molar-refractivity contribution in [1.29, 1.82) is 0 Å². The van der Waals surface area contributed by atoms with E-state index in [9.17, 15) is 9.18 Å². The summed E-state index contributed by atoms with van der Waals surface area (Å²) >= 11 is 0. The van der Waals surface area contributed by atoms with Crippen LogP contribution in [-0.4, -0.2) is 12.5 Å². The maximum Gasteiger partial charge on any atom is 0.258 e. The van der Waals surface area contributed by atoms with Crippen molar-refractivity contribution in [2.24, 2.45) is 0 Å². The first-order valence-corrected chi connectivity index (χ1v) is 7.24. The zero-order chi connectivity index (χ0) is 15.0. The number of halogens is 1. The Morgan fingerprint density at radius 3 is 2.71 bits per heavy atom. The molecule has 1 aliphatic heterocycles. The lowest BCUT2D eigenvalue weighted by atomic mass is 9.97. The molecular formula is C18H18FNO. The third-order valence-corrected chi connectivity index (χ3v) is 4.07. The summed E-state index contributed by atoms with van der Waals surface area (Å²) < 4.78 is 13.4. The average molecular weight is 283 g/mol. The van der Waals surface area contributed by atoms with E-state index in [4.69, 9.17) is 0 Å². The van der Waals surface area contributed by atoms with Gasteiger partial charge in [0.2, 0.25) is 0 Å². The van der Waals surface area contributed by atoms with Gasteiger partial charge in [-0.05, 0) is 61.6 Å². The second-order valence-corrected chi connectivity index (χ2v) is 5.61. The highest BCUT2D eigenvalue weighted by atomic mass is 19.1. The Bertz CT molecular complexity index is 708. The molecule has 1 amide bonds. The second-order valence-electron chi connectivity index (χ2n) is 5.61. The van der Waals surface area contributed by atoms with Gasteiger partial charge in [0, 0.05) is 12.1 Å². The summed E-state index contributed by atoms with van der Waals surface area (Å²) in [4.78, 5) is 14.6. The third-order valence-electron chi connectivity index (χ3n) is 4.07. The van der Waals surface area contributed by atoms with Gasteiger partial charge in [-0.3, -0.25) is 4.79 Å². The molecule has 0 spiro atoms. The quantitative estimate of drug-likeness (QED) is 0.773. The van der Waals surface area contributed by atoms with Crippen molar-refractivity contribution in [1.82, 2.24) is 0 Å². The zero-order valence-corrected chi connectivity index (χ0v) is 12.3. The van der Waals surface area contributed by atoms with Gasteiger partial charge >= 0.3 is 0 Å². The molecule has 21 heavy (non-hydrogen) atoms. The molecule has 0 fully saturated rings. The lowest BCUT2D eigenvalue weighted by Crippen LogP contribution is -2.36. The topological polar surface area (TPSA) is 20.3 Å². The summed E-state index contributed by atoms with van der Waals surface area (Å²) in [5.74, 6) is -0.324. The predicted molar refractivity (Wildman–Crippen MR) is 82.3 cm³/mol. The smallest absolute Gasteiger partial charge is 0.258 e. The van der Waals surface area contributed by atoms with E-state index in [2.05, 4.69) is 6.07 Å². The molecule has 2 aromatic rings. The van der Waals surface area contributed by atoms with Gasteiger partial charge < -0.3 is 4.90 Å². The number of carbonyl (C=O) groups excluding carboxylic acids is 1. The first kappa shape index (κ1) is 13.8. The van der Waals surface area contributed by atoms with Crippen molar-refractivity contribution in [3.8, 4) is 0 Å². The number of benzene rings is 2. The molecule has 0 atom stereocenters. The maximum atomic E-state index is 13.4. The molecule has 108 valence electrons. The van der Waals surface area contributed by atoms with E-state index >= 15 is 0 Å². The molecule has 0 aromatic heterocycles. The van der Waals surface area contributed by atoms with Gasteiger partial charge in [-0.1, -0.05) is 18.2 Å². The van der Waals surface area contributed by atoms with E-state index in [1.54, 1.807) is 19.1 Å². The highest BCUT2D eigenvalue weighted by Crippen LogP contribution is 2.31. The monoisotopic (exact) mass is 283 g/mol. The van der Waals surface area contributed by atoms with Crippen LogP contribution in [0.2, 0.25) is 0 Å². The van der Waals surface area contributed by atoms with Crippen LogP contribution in [0, 0.1) is 19.7 Å². The number of rotatable bonds is 1. The number of hydrogen-bond acceptors (Lipinski definition) is 1. The molecule has 0 N–H and O–H groups in total. The Morgan fingerprint density at radius 2 is 1.95 bits per heavy atom. The molecule has 1 heterocycles. The molecule has 2 aromatic carbocycles. The average Bonchev–Trinajstić information content (AvgIpc) is 2.49. The fourth-order valence-electron chi connectivity index (χ4n) is 2.98. The molecular weight excluding hydrogens is 265 g/mol. The van der Waals surface area contributed by atoms with Crippen LogP contribution in [0.3, 0.4) is 0 Å². The molecule has 2 nitrogen and oxygen atoms in total. The van der Waals surface area contributed by atoms with Crippen LogP contribution in [0.4, 0.5) is 10.1 Å². The summed E-state index contributed by atoms with van der Waals surface area (Å²) in [5.41, 5.74) is 4.40. The number of aryl methyl sites for hydroxylation is 3. The Labute approximate surface area is 124 Å². The van der Waals surface area contributed by atoms with Crippen LogP contribution < -0.4 is 4.90 Å². The van der Waals surface area contributed by atoms with E-state index in [1.165, 1.54) is 11.6 Å². The summed E-state index contributed by atoms with van der Waals surface area (Å²) in [6.07, 6.45) is 1.96. The van der Waals surface area contributed by atoms with E-state index < -0.39 is 0 Å². The highest BCUT2D eigenvalue weighted by Gasteiger charge is 2.25. The van der Waals surface area contributed by atoms with Crippen LogP contribution in [0.15, 0.2) is 36.4 Å². The number of nitrogens with zero attached hydrogens (tertiary/aromatic N) is 1. The Kier molecular flexibility index (Phi) is 3.50. The van der Waals surface area contributed by atoms with Gasteiger partial charge in [-0.15, -0.1) is 0 Å². The van der Waals surface area contributed by atoms with Gasteiger partial charge in [0.25, 0.3) is 5.91 Å². The Morgan fingerprint density at radius 1 is 1.14 bits per heavy atom. The van der Waals surface area contributed by atoms with Crippen LogP contribution >= 0.6 is 0 Å². The van der Waals surface area contributed by atoms with Gasteiger partial charge in [0.15, 0.2) is 0 Å². The van der Waals surface area contributed by atoms with E-state index in [-0.39, 0.29) is 11.7 Å². The zero-order valence-electron chi connectivity index (χ0n) is 12.3. The number of carbonyl (C=O) groups is 1. The predicted octanol–water partition coefficient (Wildman–Crippen LogP) is 4.04. The van der Waals surface area contributed by atoms with Crippen LogP contribution in [0.1, 0.15) is 33.5 Å². The van der Waals surface area contributed by atoms with Crippen molar-refractivity contribution in [2.75, 3.05) is 11.4 Å². The number of hydrogen-bond donors (Lipinski definition) is 0. The van der Waals surface area contributed by atoms with E-state index in [0.717, 1.165) is 24.1 Å². The first-order valence-electron chi connectivity index (χ1n) is 7.24. The van der Waals surface area contributed by atoms with E-state index in [1.807, 2.05) is 24.0 Å². The van der Waals surface area contributed by atoms with Crippen LogP contribution in [0.25, 0.3) is 0 Å². The maximum absolute atomic E-state index is 13.4. The summed E-state index contributed by atoms with van der Waals surface area (Å²) in [5, 5.41) is 0. The fourth-order valence-corrected chi connectivity index (χ4v) is 2.98. The molecule has 0 aliphatic carbocycles. The van der Waals surface area contributed by atoms with Crippen LogP contribution in [-0.2, 0) is 6.42 Å². The highest BCUT2D eigenvalue weighted by molar-refractivity contribution is 6.07. The number of anilines is 1. The lowest BCUT2D eigenvalue weighted by Gasteiger charge is -2.31. The molecule has 0 radical (unpaired) electrons. The van der Waals surface area contributed by atoms with Crippen molar-refractivity contribution in [2.45, 2.75) is 26.7 Å². The molecule has 0 saturated heterocycles. The minimum absolute atomic E-state index is 0.0478. The minimum atomic E-state index is -0.276. The van der Waals surface area contributed by atoms with Gasteiger partial charge in [0.1, 0.15) is 5.82 Å². The van der Waals surface area contributed by atoms with E-state index in [0.29, 0.717) is 17.7 Å². The second kappa shape index (κ2) is 5.32. The van der Waals surface area contributed by atoms with Crippen molar-refractivity contribution >= 4 is 11.6 Å². The summed E-state index contributed by atoms with van der Waals surface area (Å²) in [6, 6.07) is 10.7. The molecule has 3 heteroatoms. The van der Waals surface area contributed by atoms with Gasteiger partial charge in [-0.25, -0.2) is 4.39 Å². The number of para-hydroxylation sites is 1. The first-order chi connectivity index (χ1) is 10.1. The lowest BCUT2D eigenvalue weighted by molar-refractivity contribution is 0.0985.